The third kappa shape index (κ3) is 8.44. The zero-order chi connectivity index (χ0) is 18.8. The van der Waals surface area contributed by atoms with Gasteiger partial charge in [0.2, 0.25) is 0 Å². The van der Waals surface area contributed by atoms with Crippen molar-refractivity contribution >= 4 is 41.3 Å². The highest BCUT2D eigenvalue weighted by Crippen LogP contribution is 2.17. The van der Waals surface area contributed by atoms with Crippen LogP contribution in [0.3, 0.4) is 0 Å². The number of nitrogens with zero attached hydrogens (tertiary/aromatic N) is 3. The average Bonchev–Trinajstić information content (AvgIpc) is 3.11. The van der Waals surface area contributed by atoms with E-state index in [1.807, 2.05) is 38.5 Å². The van der Waals surface area contributed by atoms with E-state index in [2.05, 4.69) is 38.5 Å². The van der Waals surface area contributed by atoms with Gasteiger partial charge in [-0.1, -0.05) is 25.1 Å². The monoisotopic (exact) mass is 503 g/mol. The smallest absolute Gasteiger partial charge is 0.191 e. The Morgan fingerprint density at radius 1 is 1.22 bits per heavy atom. The zero-order valence-electron chi connectivity index (χ0n) is 16.5. The molecule has 0 saturated carbocycles. The van der Waals surface area contributed by atoms with Crippen LogP contribution >= 0.6 is 35.3 Å². The Bertz CT molecular complexity index is 705. The summed E-state index contributed by atoms with van der Waals surface area (Å²) in [5.41, 5.74) is 1.11. The Morgan fingerprint density at radius 3 is 2.63 bits per heavy atom. The van der Waals surface area contributed by atoms with Gasteiger partial charge in [0.1, 0.15) is 17.4 Å². The second-order valence-corrected chi connectivity index (χ2v) is 7.31. The van der Waals surface area contributed by atoms with Crippen molar-refractivity contribution < 1.29 is 4.74 Å². The molecule has 1 aromatic heterocycles. The summed E-state index contributed by atoms with van der Waals surface area (Å²) in [5, 5.41) is 7.72. The zero-order valence-corrected chi connectivity index (χ0v) is 19.6. The van der Waals surface area contributed by atoms with Gasteiger partial charge in [0.05, 0.1) is 6.54 Å². The van der Waals surface area contributed by atoms with Crippen LogP contribution in [0.1, 0.15) is 22.4 Å². The van der Waals surface area contributed by atoms with Crippen molar-refractivity contribution in [2.24, 2.45) is 4.99 Å². The first-order valence-corrected chi connectivity index (χ1v) is 9.67. The molecule has 0 atom stereocenters. The van der Waals surface area contributed by atoms with Crippen LogP contribution in [0.15, 0.2) is 35.5 Å². The number of aryl methyl sites for hydroxylation is 1. The Labute approximate surface area is 183 Å². The lowest BCUT2D eigenvalue weighted by Gasteiger charge is -2.15. The molecule has 0 fully saturated rings. The maximum absolute atomic E-state index is 5.91. The van der Waals surface area contributed by atoms with E-state index in [0.29, 0.717) is 19.7 Å². The lowest BCUT2D eigenvalue weighted by Crippen LogP contribution is -2.36. The summed E-state index contributed by atoms with van der Waals surface area (Å²) in [6.45, 7) is 5.02. The maximum atomic E-state index is 5.91. The number of nitrogens with one attached hydrogen (secondary N) is 2. The SMILES string of the molecule is CCc1cnc(CNC(=NC)NCc2ccccc2OCCN(C)C)s1.I. The largest absolute Gasteiger partial charge is 0.492 e. The number of guanidine groups is 1. The van der Waals surface area contributed by atoms with E-state index in [4.69, 9.17) is 4.74 Å². The van der Waals surface area contributed by atoms with Crippen LogP contribution in [0.4, 0.5) is 0 Å². The Balaban J connectivity index is 0.00000364. The van der Waals surface area contributed by atoms with Crippen LogP contribution < -0.4 is 15.4 Å². The van der Waals surface area contributed by atoms with Gasteiger partial charge in [-0.3, -0.25) is 4.99 Å². The van der Waals surface area contributed by atoms with Gasteiger partial charge in [-0.2, -0.15) is 0 Å². The number of thiazole rings is 1. The minimum Gasteiger partial charge on any atom is -0.492 e. The van der Waals surface area contributed by atoms with Crippen molar-refractivity contribution in [3.63, 3.8) is 0 Å². The number of hydrogen-bond acceptors (Lipinski definition) is 5. The first-order valence-electron chi connectivity index (χ1n) is 8.86. The van der Waals surface area contributed by atoms with Crippen LogP contribution in [-0.2, 0) is 19.5 Å². The van der Waals surface area contributed by atoms with E-state index in [0.717, 1.165) is 35.2 Å². The fourth-order valence-corrected chi connectivity index (χ4v) is 3.08. The van der Waals surface area contributed by atoms with Gasteiger partial charge in [0, 0.05) is 36.8 Å². The van der Waals surface area contributed by atoms with Crippen molar-refractivity contribution in [3.8, 4) is 5.75 Å². The molecule has 150 valence electrons. The van der Waals surface area contributed by atoms with E-state index in [1.54, 1.807) is 18.4 Å². The molecule has 1 aromatic carbocycles. The Hall–Kier alpha value is -1.39. The van der Waals surface area contributed by atoms with Gasteiger partial charge in [0.15, 0.2) is 5.96 Å². The second kappa shape index (κ2) is 12.9. The predicted octanol–water partition coefficient (Wildman–Crippen LogP) is 3.13. The number of para-hydroxylation sites is 1. The van der Waals surface area contributed by atoms with Gasteiger partial charge in [-0.15, -0.1) is 35.3 Å². The van der Waals surface area contributed by atoms with Gasteiger partial charge in [-0.05, 0) is 26.6 Å². The second-order valence-electron chi connectivity index (χ2n) is 6.11. The van der Waals surface area contributed by atoms with E-state index in [-0.39, 0.29) is 24.0 Å². The first-order chi connectivity index (χ1) is 12.6. The predicted molar refractivity (Wildman–Crippen MR) is 124 cm³/mol. The van der Waals surface area contributed by atoms with Crippen molar-refractivity contribution in [2.75, 3.05) is 34.3 Å². The molecule has 0 aliphatic heterocycles. The third-order valence-corrected chi connectivity index (χ3v) is 4.94. The van der Waals surface area contributed by atoms with Gasteiger partial charge < -0.3 is 20.3 Å². The first kappa shape index (κ1) is 23.6. The highest BCUT2D eigenvalue weighted by molar-refractivity contribution is 14.0. The van der Waals surface area contributed by atoms with Crippen molar-refractivity contribution in [2.45, 2.75) is 26.4 Å². The summed E-state index contributed by atoms with van der Waals surface area (Å²) in [4.78, 5) is 12.1. The van der Waals surface area contributed by atoms with Crippen LogP contribution in [0.2, 0.25) is 0 Å². The van der Waals surface area contributed by atoms with Crippen LogP contribution in [0.25, 0.3) is 0 Å². The third-order valence-electron chi connectivity index (χ3n) is 3.80. The number of aliphatic imine (C=N–C) groups is 1. The number of benzene rings is 1. The van der Waals surface area contributed by atoms with Crippen molar-refractivity contribution in [1.82, 2.24) is 20.5 Å². The Morgan fingerprint density at radius 2 is 1.96 bits per heavy atom. The number of hydrogen-bond donors (Lipinski definition) is 2. The topological polar surface area (TPSA) is 61.8 Å². The highest BCUT2D eigenvalue weighted by atomic mass is 127. The van der Waals surface area contributed by atoms with Crippen LogP contribution in [-0.4, -0.2) is 50.1 Å². The number of ether oxygens (including phenoxy) is 1. The molecule has 6 nitrogen and oxygen atoms in total. The minimum absolute atomic E-state index is 0. The quantitative estimate of drug-likeness (QED) is 0.313. The molecule has 2 aromatic rings. The summed E-state index contributed by atoms with van der Waals surface area (Å²) < 4.78 is 5.91. The van der Waals surface area contributed by atoms with Crippen LogP contribution in [0.5, 0.6) is 5.75 Å². The number of rotatable bonds is 9. The summed E-state index contributed by atoms with van der Waals surface area (Å²) in [5.74, 6) is 1.66. The molecule has 0 spiro atoms. The van der Waals surface area contributed by atoms with Gasteiger partial charge in [0.25, 0.3) is 0 Å². The molecule has 0 aliphatic rings. The molecule has 2 N–H and O–H groups in total. The summed E-state index contributed by atoms with van der Waals surface area (Å²) >= 11 is 1.73. The molecule has 0 unspecified atom stereocenters. The summed E-state index contributed by atoms with van der Waals surface area (Å²) in [7, 11) is 5.85. The van der Waals surface area contributed by atoms with E-state index in [9.17, 15) is 0 Å². The average molecular weight is 503 g/mol. The molecular formula is C19H30IN5OS. The standard InChI is InChI=1S/C19H29N5OS.HI/c1-5-16-13-21-18(26-16)14-23-19(20-2)22-12-15-8-6-7-9-17(15)25-11-10-24(3)4;/h6-9,13H,5,10-12,14H2,1-4H3,(H2,20,22,23);1H. The lowest BCUT2D eigenvalue weighted by molar-refractivity contribution is 0.259. The molecular weight excluding hydrogens is 473 g/mol. The molecule has 0 aliphatic carbocycles. The van der Waals surface area contributed by atoms with E-state index in [1.165, 1.54) is 4.88 Å². The highest BCUT2D eigenvalue weighted by Gasteiger charge is 2.06. The fraction of sp³-hybridized carbons (Fsp3) is 0.474. The van der Waals surface area contributed by atoms with E-state index >= 15 is 0 Å². The van der Waals surface area contributed by atoms with Gasteiger partial charge in [-0.25, -0.2) is 4.98 Å². The van der Waals surface area contributed by atoms with Gasteiger partial charge >= 0.3 is 0 Å². The molecule has 1 heterocycles. The number of likely N-dealkylation sites (N-methyl/N-ethyl adjacent to an activating group) is 1. The number of halogens is 1. The molecule has 27 heavy (non-hydrogen) atoms. The normalized spacial score (nSPS) is 11.2. The molecule has 2 rings (SSSR count). The molecule has 0 amide bonds. The van der Waals surface area contributed by atoms with E-state index < -0.39 is 0 Å². The molecule has 8 heteroatoms. The number of aromatic nitrogens is 1. The molecule has 0 bridgehead atoms. The lowest BCUT2D eigenvalue weighted by atomic mass is 10.2. The summed E-state index contributed by atoms with van der Waals surface area (Å²) in [6, 6.07) is 8.09. The Kier molecular flexibility index (Phi) is 11.3. The summed E-state index contributed by atoms with van der Waals surface area (Å²) in [6.07, 6.45) is 2.97. The molecule has 0 radical (unpaired) electrons. The van der Waals surface area contributed by atoms with Crippen molar-refractivity contribution in [1.29, 1.82) is 0 Å². The fourth-order valence-electron chi connectivity index (χ4n) is 2.28. The maximum Gasteiger partial charge on any atom is 0.191 e. The molecule has 0 saturated heterocycles. The van der Waals surface area contributed by atoms with Crippen LogP contribution in [0, 0.1) is 0 Å². The van der Waals surface area contributed by atoms with Crippen molar-refractivity contribution in [3.05, 3.63) is 45.9 Å². The minimum atomic E-state index is 0.